The number of ketones is 1. The molecule has 1 N–H and O–H groups in total. The van der Waals surface area contributed by atoms with Crippen LogP contribution in [0.3, 0.4) is 0 Å². The molecule has 4 aromatic carbocycles. The summed E-state index contributed by atoms with van der Waals surface area (Å²) in [5.41, 5.74) is 1.78. The van der Waals surface area contributed by atoms with Gasteiger partial charge in [0.05, 0.1) is 15.8 Å². The molecular formula is C25H17Cl2NO2S. The van der Waals surface area contributed by atoms with Gasteiger partial charge in [-0.2, -0.15) is 0 Å². The van der Waals surface area contributed by atoms with Crippen LogP contribution in [-0.4, -0.2) is 17.4 Å². The van der Waals surface area contributed by atoms with Gasteiger partial charge in [-0.1, -0.05) is 59.6 Å². The molecule has 0 saturated carbocycles. The lowest BCUT2D eigenvalue weighted by Gasteiger charge is -2.08. The number of amides is 1. The molecule has 0 atom stereocenters. The van der Waals surface area contributed by atoms with E-state index in [2.05, 4.69) is 5.32 Å². The minimum absolute atomic E-state index is 0.0471. The topological polar surface area (TPSA) is 46.2 Å². The molecule has 0 spiro atoms. The third kappa shape index (κ3) is 5.28. The van der Waals surface area contributed by atoms with Crippen molar-refractivity contribution >= 4 is 63.1 Å². The van der Waals surface area contributed by atoms with Crippen molar-refractivity contribution in [3.8, 4) is 0 Å². The summed E-state index contributed by atoms with van der Waals surface area (Å²) in [6.07, 6.45) is 0. The van der Waals surface area contributed by atoms with Crippen LogP contribution in [0.25, 0.3) is 10.8 Å². The Morgan fingerprint density at radius 2 is 1.52 bits per heavy atom. The fourth-order valence-corrected chi connectivity index (χ4v) is 4.25. The van der Waals surface area contributed by atoms with Crippen molar-refractivity contribution in [2.45, 2.75) is 4.90 Å². The van der Waals surface area contributed by atoms with Crippen molar-refractivity contribution in [2.24, 2.45) is 0 Å². The molecule has 0 aromatic heterocycles. The average molecular weight is 466 g/mol. The maximum absolute atomic E-state index is 12.7. The van der Waals surface area contributed by atoms with Gasteiger partial charge in [-0.25, -0.2) is 0 Å². The van der Waals surface area contributed by atoms with Gasteiger partial charge in [-0.05, 0) is 59.3 Å². The van der Waals surface area contributed by atoms with Crippen LogP contribution in [-0.2, 0) is 0 Å². The average Bonchev–Trinajstić information content (AvgIpc) is 2.79. The highest BCUT2D eigenvalue weighted by atomic mass is 35.5. The fourth-order valence-electron chi connectivity index (χ4n) is 3.10. The Morgan fingerprint density at radius 3 is 2.32 bits per heavy atom. The lowest BCUT2D eigenvalue weighted by Crippen LogP contribution is -2.11. The molecule has 3 nitrogen and oxygen atoms in total. The van der Waals surface area contributed by atoms with Gasteiger partial charge in [0.15, 0.2) is 5.78 Å². The molecule has 4 rings (SSSR count). The summed E-state index contributed by atoms with van der Waals surface area (Å²) in [6.45, 7) is 0. The second-order valence-electron chi connectivity index (χ2n) is 6.88. The van der Waals surface area contributed by atoms with Gasteiger partial charge in [0.25, 0.3) is 5.91 Å². The highest BCUT2D eigenvalue weighted by molar-refractivity contribution is 8.00. The molecule has 4 aromatic rings. The van der Waals surface area contributed by atoms with E-state index in [-0.39, 0.29) is 17.4 Å². The summed E-state index contributed by atoms with van der Waals surface area (Å²) < 4.78 is 0. The number of benzene rings is 4. The van der Waals surface area contributed by atoms with E-state index in [1.54, 1.807) is 18.2 Å². The van der Waals surface area contributed by atoms with E-state index < -0.39 is 0 Å². The Balaban J connectivity index is 1.42. The van der Waals surface area contributed by atoms with Gasteiger partial charge in [-0.3, -0.25) is 9.59 Å². The Labute approximate surface area is 194 Å². The smallest absolute Gasteiger partial charge is 0.255 e. The number of halogens is 2. The minimum Gasteiger partial charge on any atom is -0.322 e. The molecule has 0 aliphatic heterocycles. The van der Waals surface area contributed by atoms with Crippen LogP contribution in [0.5, 0.6) is 0 Å². The molecule has 31 heavy (non-hydrogen) atoms. The molecule has 0 radical (unpaired) electrons. The Hall–Kier alpha value is -2.79. The first-order valence-corrected chi connectivity index (χ1v) is 11.2. The van der Waals surface area contributed by atoms with E-state index >= 15 is 0 Å². The predicted octanol–water partition coefficient (Wildman–Crippen LogP) is 7.37. The Kier molecular flexibility index (Phi) is 6.62. The third-order valence-electron chi connectivity index (χ3n) is 4.72. The summed E-state index contributed by atoms with van der Waals surface area (Å²) in [6, 6.07) is 25.8. The summed E-state index contributed by atoms with van der Waals surface area (Å²) in [5, 5.41) is 5.80. The van der Waals surface area contributed by atoms with E-state index in [1.165, 1.54) is 11.8 Å². The summed E-state index contributed by atoms with van der Waals surface area (Å²) >= 11 is 13.3. The molecule has 0 unspecified atom stereocenters. The second kappa shape index (κ2) is 9.56. The first-order chi connectivity index (χ1) is 15.0. The maximum atomic E-state index is 12.7. The largest absolute Gasteiger partial charge is 0.322 e. The molecule has 1 amide bonds. The third-order valence-corrected chi connectivity index (χ3v) is 6.45. The molecular weight excluding hydrogens is 449 g/mol. The zero-order chi connectivity index (χ0) is 21.8. The van der Waals surface area contributed by atoms with Crippen LogP contribution in [0.2, 0.25) is 10.0 Å². The quantitative estimate of drug-likeness (QED) is 0.238. The number of anilines is 1. The number of nitrogens with one attached hydrogen (secondary N) is 1. The number of carbonyl (C=O) groups excluding carboxylic acids is 2. The predicted molar refractivity (Wildman–Crippen MR) is 130 cm³/mol. The van der Waals surface area contributed by atoms with Crippen molar-refractivity contribution in [1.82, 2.24) is 0 Å². The van der Waals surface area contributed by atoms with E-state index in [4.69, 9.17) is 23.2 Å². The highest BCUT2D eigenvalue weighted by Gasteiger charge is 2.11. The van der Waals surface area contributed by atoms with Crippen LogP contribution >= 0.6 is 35.0 Å². The number of thioether (sulfide) groups is 1. The van der Waals surface area contributed by atoms with Crippen molar-refractivity contribution < 1.29 is 9.59 Å². The van der Waals surface area contributed by atoms with Gasteiger partial charge in [0, 0.05) is 21.7 Å². The minimum atomic E-state index is -0.181. The van der Waals surface area contributed by atoms with Gasteiger partial charge in [0.1, 0.15) is 0 Å². The van der Waals surface area contributed by atoms with Crippen LogP contribution in [0, 0.1) is 0 Å². The number of fused-ring (bicyclic) bond motifs is 1. The summed E-state index contributed by atoms with van der Waals surface area (Å²) in [4.78, 5) is 26.0. The van der Waals surface area contributed by atoms with Gasteiger partial charge >= 0.3 is 0 Å². The van der Waals surface area contributed by atoms with E-state index in [0.29, 0.717) is 26.9 Å². The van der Waals surface area contributed by atoms with E-state index in [0.717, 1.165) is 15.7 Å². The Bertz CT molecular complexity index is 1290. The molecule has 0 heterocycles. The molecule has 6 heteroatoms. The first-order valence-electron chi connectivity index (χ1n) is 9.51. The molecule has 0 saturated heterocycles. The number of carbonyl (C=O) groups is 2. The van der Waals surface area contributed by atoms with Crippen LogP contribution < -0.4 is 5.32 Å². The SMILES string of the molecule is O=C(CSc1cccc(NC(=O)c2ccc3ccccc3c2)c1)c1ccc(Cl)c(Cl)c1. The molecule has 0 aliphatic rings. The Morgan fingerprint density at radius 1 is 0.742 bits per heavy atom. The van der Waals surface area contributed by atoms with Gasteiger partial charge in [-0.15, -0.1) is 11.8 Å². The van der Waals surface area contributed by atoms with Crippen LogP contribution in [0.4, 0.5) is 5.69 Å². The lowest BCUT2D eigenvalue weighted by atomic mass is 10.1. The monoisotopic (exact) mass is 465 g/mol. The molecule has 0 fully saturated rings. The van der Waals surface area contributed by atoms with Crippen molar-refractivity contribution in [2.75, 3.05) is 11.1 Å². The normalized spacial score (nSPS) is 10.8. The van der Waals surface area contributed by atoms with Crippen LogP contribution in [0.1, 0.15) is 20.7 Å². The maximum Gasteiger partial charge on any atom is 0.255 e. The number of Topliss-reactive ketones (excluding diaryl/α,β-unsaturated/α-hetero) is 1. The van der Waals surface area contributed by atoms with E-state index in [1.807, 2.05) is 66.7 Å². The zero-order valence-corrected chi connectivity index (χ0v) is 18.6. The lowest BCUT2D eigenvalue weighted by molar-refractivity contribution is 0.101. The van der Waals surface area contributed by atoms with Gasteiger partial charge in [0.2, 0.25) is 0 Å². The van der Waals surface area contributed by atoms with Crippen molar-refractivity contribution in [3.05, 3.63) is 106 Å². The van der Waals surface area contributed by atoms with Crippen molar-refractivity contribution in [1.29, 1.82) is 0 Å². The summed E-state index contributed by atoms with van der Waals surface area (Å²) in [5.74, 6) is 0.0222. The molecule has 0 bridgehead atoms. The molecule has 0 aliphatic carbocycles. The fraction of sp³-hybridized carbons (Fsp3) is 0.0400. The molecule has 154 valence electrons. The van der Waals surface area contributed by atoms with Gasteiger partial charge < -0.3 is 5.32 Å². The number of rotatable bonds is 6. The van der Waals surface area contributed by atoms with Crippen molar-refractivity contribution in [3.63, 3.8) is 0 Å². The summed E-state index contributed by atoms with van der Waals surface area (Å²) in [7, 11) is 0. The zero-order valence-electron chi connectivity index (χ0n) is 16.3. The number of hydrogen-bond acceptors (Lipinski definition) is 3. The highest BCUT2D eigenvalue weighted by Crippen LogP contribution is 2.26. The van der Waals surface area contributed by atoms with Crippen LogP contribution in [0.15, 0.2) is 89.8 Å². The number of hydrogen-bond donors (Lipinski definition) is 1. The van der Waals surface area contributed by atoms with E-state index in [9.17, 15) is 9.59 Å². The second-order valence-corrected chi connectivity index (χ2v) is 8.75. The standard InChI is InChI=1S/C25H17Cl2NO2S/c26-22-11-10-18(13-23(22)27)24(29)15-31-21-7-3-6-20(14-21)28-25(30)19-9-8-16-4-1-2-5-17(16)12-19/h1-14H,15H2,(H,28,30). The first kappa shape index (κ1) is 21.4.